The van der Waals surface area contributed by atoms with E-state index in [4.69, 9.17) is 0 Å². The number of hydrogen-bond donors (Lipinski definition) is 2. The Labute approximate surface area is 172 Å². The lowest BCUT2D eigenvalue weighted by molar-refractivity contribution is -0.132. The number of rotatable bonds is 8. The van der Waals surface area contributed by atoms with Crippen molar-refractivity contribution < 1.29 is 14.4 Å². The fourth-order valence-electron chi connectivity index (χ4n) is 4.16. The normalized spacial score (nSPS) is 18.1. The van der Waals surface area contributed by atoms with Crippen LogP contribution >= 0.6 is 0 Å². The summed E-state index contributed by atoms with van der Waals surface area (Å²) in [5.74, 6) is -0.283. The highest BCUT2D eigenvalue weighted by atomic mass is 16.2. The molecule has 1 aromatic carbocycles. The SMILES string of the molecule is CN(C)c1ccc(CCCNC(=O)CCN2C(=O)NC3(CCCCC3)C2=O)cc1. The fourth-order valence-corrected chi connectivity index (χ4v) is 4.16. The van der Waals surface area contributed by atoms with Gasteiger partial charge in [0.2, 0.25) is 5.91 Å². The van der Waals surface area contributed by atoms with Crippen LogP contribution in [0.2, 0.25) is 0 Å². The van der Waals surface area contributed by atoms with E-state index in [2.05, 4.69) is 39.8 Å². The minimum atomic E-state index is -0.714. The molecule has 0 radical (unpaired) electrons. The summed E-state index contributed by atoms with van der Waals surface area (Å²) in [5, 5.41) is 5.77. The number of carbonyl (C=O) groups excluding carboxylic acids is 3. The molecule has 1 saturated carbocycles. The van der Waals surface area contributed by atoms with Gasteiger partial charge in [-0.3, -0.25) is 14.5 Å². The molecule has 0 atom stereocenters. The molecule has 0 bridgehead atoms. The Morgan fingerprint density at radius 3 is 2.48 bits per heavy atom. The number of hydrogen-bond acceptors (Lipinski definition) is 4. The zero-order chi connectivity index (χ0) is 20.9. The third-order valence-electron chi connectivity index (χ3n) is 5.93. The first kappa shape index (κ1) is 21.1. The van der Waals surface area contributed by atoms with E-state index in [0.29, 0.717) is 19.4 Å². The van der Waals surface area contributed by atoms with Gasteiger partial charge < -0.3 is 15.5 Å². The Balaban J connectivity index is 1.36. The standard InChI is InChI=1S/C22H32N4O3/c1-25(2)18-10-8-17(9-11-18)7-6-15-23-19(27)12-16-26-20(28)22(24-21(26)29)13-4-3-5-14-22/h8-11H,3-7,12-16H2,1-2H3,(H,23,27)(H,24,29). The summed E-state index contributed by atoms with van der Waals surface area (Å²) in [6.45, 7) is 0.725. The van der Waals surface area contributed by atoms with Gasteiger partial charge in [-0.25, -0.2) is 4.79 Å². The van der Waals surface area contributed by atoms with Crippen LogP contribution in [0.25, 0.3) is 0 Å². The second-order valence-electron chi connectivity index (χ2n) is 8.29. The van der Waals surface area contributed by atoms with E-state index >= 15 is 0 Å². The number of benzene rings is 1. The van der Waals surface area contributed by atoms with Crippen LogP contribution < -0.4 is 15.5 Å². The van der Waals surface area contributed by atoms with Crippen LogP contribution in [0, 0.1) is 0 Å². The maximum Gasteiger partial charge on any atom is 0.325 e. The van der Waals surface area contributed by atoms with Gasteiger partial charge in [0.1, 0.15) is 5.54 Å². The van der Waals surface area contributed by atoms with Gasteiger partial charge in [0.05, 0.1) is 0 Å². The maximum atomic E-state index is 12.7. The quantitative estimate of drug-likeness (QED) is 0.519. The molecule has 1 aliphatic carbocycles. The monoisotopic (exact) mass is 400 g/mol. The van der Waals surface area contributed by atoms with Gasteiger partial charge in [-0.1, -0.05) is 31.4 Å². The molecule has 1 spiro atoms. The summed E-state index contributed by atoms with van der Waals surface area (Å²) >= 11 is 0. The highest BCUT2D eigenvalue weighted by molar-refractivity contribution is 6.07. The summed E-state index contributed by atoms with van der Waals surface area (Å²) in [5.41, 5.74) is 1.69. The van der Waals surface area contributed by atoms with Gasteiger partial charge >= 0.3 is 6.03 Å². The second-order valence-corrected chi connectivity index (χ2v) is 8.29. The van der Waals surface area contributed by atoms with Crippen LogP contribution in [0.3, 0.4) is 0 Å². The first-order valence-electron chi connectivity index (χ1n) is 10.6. The Hall–Kier alpha value is -2.57. The molecule has 1 heterocycles. The first-order valence-corrected chi connectivity index (χ1v) is 10.6. The molecule has 4 amide bonds. The van der Waals surface area contributed by atoms with E-state index in [-0.39, 0.29) is 30.8 Å². The van der Waals surface area contributed by atoms with E-state index < -0.39 is 5.54 Å². The lowest BCUT2D eigenvalue weighted by Crippen LogP contribution is -2.48. The minimum Gasteiger partial charge on any atom is -0.378 e. The molecular weight excluding hydrogens is 368 g/mol. The summed E-state index contributed by atoms with van der Waals surface area (Å²) in [4.78, 5) is 40.3. The number of aryl methyl sites for hydroxylation is 1. The van der Waals surface area contributed by atoms with Crippen LogP contribution in [0.1, 0.15) is 50.5 Å². The predicted octanol–water partition coefficient (Wildman–Crippen LogP) is 2.45. The van der Waals surface area contributed by atoms with E-state index in [1.54, 1.807) is 0 Å². The van der Waals surface area contributed by atoms with Gasteiger partial charge in [0.15, 0.2) is 0 Å². The number of amides is 4. The predicted molar refractivity (Wildman–Crippen MR) is 113 cm³/mol. The van der Waals surface area contributed by atoms with Crippen LogP contribution in [-0.2, 0) is 16.0 Å². The van der Waals surface area contributed by atoms with Crippen molar-refractivity contribution in [3.63, 3.8) is 0 Å². The third-order valence-corrected chi connectivity index (χ3v) is 5.93. The molecule has 0 aromatic heterocycles. The van der Waals surface area contributed by atoms with Crippen molar-refractivity contribution in [3.8, 4) is 0 Å². The van der Waals surface area contributed by atoms with Crippen molar-refractivity contribution in [1.82, 2.24) is 15.5 Å². The second kappa shape index (κ2) is 9.29. The smallest absolute Gasteiger partial charge is 0.325 e. The summed E-state index contributed by atoms with van der Waals surface area (Å²) in [6, 6.07) is 8.04. The van der Waals surface area contributed by atoms with Crippen molar-refractivity contribution in [2.24, 2.45) is 0 Å². The van der Waals surface area contributed by atoms with Gasteiger partial charge in [-0.15, -0.1) is 0 Å². The average Bonchev–Trinajstić information content (AvgIpc) is 2.93. The zero-order valence-electron chi connectivity index (χ0n) is 17.5. The number of anilines is 1. The molecule has 0 unspecified atom stereocenters. The summed E-state index contributed by atoms with van der Waals surface area (Å²) < 4.78 is 0. The van der Waals surface area contributed by atoms with Gasteiger partial charge in [0.25, 0.3) is 5.91 Å². The van der Waals surface area contributed by atoms with Crippen molar-refractivity contribution in [1.29, 1.82) is 0 Å². The van der Waals surface area contributed by atoms with E-state index in [0.717, 1.165) is 37.8 Å². The topological polar surface area (TPSA) is 81.8 Å². The van der Waals surface area contributed by atoms with Gasteiger partial charge in [-0.05, 0) is 43.4 Å². The Bertz CT molecular complexity index is 739. The highest BCUT2D eigenvalue weighted by Crippen LogP contribution is 2.33. The largest absolute Gasteiger partial charge is 0.378 e. The minimum absolute atomic E-state index is 0.127. The maximum absolute atomic E-state index is 12.7. The Morgan fingerprint density at radius 2 is 1.83 bits per heavy atom. The molecule has 1 aliphatic heterocycles. The molecule has 2 N–H and O–H groups in total. The highest BCUT2D eigenvalue weighted by Gasteiger charge is 2.50. The number of carbonyl (C=O) groups is 3. The molecule has 158 valence electrons. The van der Waals surface area contributed by atoms with Crippen LogP contribution in [0.15, 0.2) is 24.3 Å². The number of nitrogens with zero attached hydrogens (tertiary/aromatic N) is 2. The number of urea groups is 1. The summed E-state index contributed by atoms with van der Waals surface area (Å²) in [6.07, 6.45) is 6.31. The number of nitrogens with one attached hydrogen (secondary N) is 2. The number of imide groups is 1. The lowest BCUT2D eigenvalue weighted by Gasteiger charge is -2.30. The molecular formula is C22H32N4O3. The van der Waals surface area contributed by atoms with Crippen molar-refractivity contribution in [3.05, 3.63) is 29.8 Å². The third kappa shape index (κ3) is 5.08. The Kier molecular flexibility index (Phi) is 6.77. The Morgan fingerprint density at radius 1 is 1.14 bits per heavy atom. The average molecular weight is 401 g/mol. The zero-order valence-corrected chi connectivity index (χ0v) is 17.5. The van der Waals surface area contributed by atoms with Crippen molar-refractivity contribution in [2.45, 2.75) is 56.9 Å². The van der Waals surface area contributed by atoms with Crippen molar-refractivity contribution >= 4 is 23.5 Å². The van der Waals surface area contributed by atoms with Crippen molar-refractivity contribution in [2.75, 3.05) is 32.1 Å². The molecule has 2 fully saturated rings. The fraction of sp³-hybridized carbons (Fsp3) is 0.591. The molecule has 7 heteroatoms. The van der Waals surface area contributed by atoms with Gasteiger partial charge in [-0.2, -0.15) is 0 Å². The van der Waals surface area contributed by atoms with Gasteiger partial charge in [0, 0.05) is 39.3 Å². The molecule has 1 saturated heterocycles. The van der Waals surface area contributed by atoms with Crippen LogP contribution in [0.4, 0.5) is 10.5 Å². The molecule has 7 nitrogen and oxygen atoms in total. The van der Waals surface area contributed by atoms with E-state index in [9.17, 15) is 14.4 Å². The van der Waals surface area contributed by atoms with E-state index in [1.807, 2.05) is 14.1 Å². The lowest BCUT2D eigenvalue weighted by atomic mass is 9.82. The molecule has 3 rings (SSSR count). The molecule has 1 aromatic rings. The van der Waals surface area contributed by atoms with Crippen LogP contribution in [-0.4, -0.2) is 55.5 Å². The summed E-state index contributed by atoms with van der Waals surface area (Å²) in [7, 11) is 4.03. The first-order chi connectivity index (χ1) is 13.9. The molecule has 29 heavy (non-hydrogen) atoms. The van der Waals surface area contributed by atoms with E-state index in [1.165, 1.54) is 10.5 Å². The molecule has 2 aliphatic rings. The van der Waals surface area contributed by atoms with Crippen LogP contribution in [0.5, 0.6) is 0 Å².